The first-order valence-corrected chi connectivity index (χ1v) is 22.8. The number of furan rings is 1. The van der Waals surface area contributed by atoms with Gasteiger partial charge in [-0.25, -0.2) is 9.59 Å². The molecule has 0 spiro atoms. The van der Waals surface area contributed by atoms with Crippen molar-refractivity contribution >= 4 is 74.1 Å². The fraction of sp³-hybridized carbons (Fsp3) is 0.360. The van der Waals surface area contributed by atoms with Crippen LogP contribution in [0, 0.1) is 0 Å². The van der Waals surface area contributed by atoms with Crippen LogP contribution in [-0.2, 0) is 28.7 Å². The van der Waals surface area contributed by atoms with Crippen LogP contribution in [0.15, 0.2) is 112 Å². The number of carbonyl (C=O) groups is 6. The normalized spacial score (nSPS) is 17.1. The van der Waals surface area contributed by atoms with Crippen molar-refractivity contribution in [3.05, 3.63) is 119 Å². The van der Waals surface area contributed by atoms with Crippen molar-refractivity contribution < 1.29 is 42.7 Å². The Hall–Kier alpha value is -6.68. The molecular weight excluding hydrogens is 908 g/mol. The average molecular weight is 964 g/mol. The van der Waals surface area contributed by atoms with Crippen LogP contribution >= 0.6 is 15.9 Å². The lowest BCUT2D eigenvalue weighted by Crippen LogP contribution is -2.49. The molecule has 15 nitrogen and oxygen atoms in total. The van der Waals surface area contributed by atoms with Crippen molar-refractivity contribution in [3.8, 4) is 11.3 Å². The summed E-state index contributed by atoms with van der Waals surface area (Å²) in [5.41, 5.74) is 1.88. The monoisotopic (exact) mass is 962 g/mol. The molecule has 4 atom stereocenters. The largest absolute Gasteiger partial charge is 0.455 e. The third kappa shape index (κ3) is 11.4. The zero-order valence-corrected chi connectivity index (χ0v) is 39.4. The Kier molecular flexibility index (Phi) is 14.2. The number of alkyl carbamates (subject to hydrolysis) is 2. The van der Waals surface area contributed by atoms with Gasteiger partial charge in [-0.15, -0.1) is 0 Å². The number of amides is 6. The van der Waals surface area contributed by atoms with Crippen molar-refractivity contribution in [1.29, 1.82) is 0 Å². The van der Waals surface area contributed by atoms with Crippen LogP contribution in [0.5, 0.6) is 0 Å². The molecule has 66 heavy (non-hydrogen) atoms. The molecule has 4 aromatic carbocycles. The van der Waals surface area contributed by atoms with Crippen molar-refractivity contribution in [1.82, 2.24) is 20.4 Å². The molecule has 6 amide bonds. The number of carbonyl (C=O) groups excluding carboxylic acids is 6. The first-order chi connectivity index (χ1) is 31.3. The van der Waals surface area contributed by atoms with Crippen LogP contribution < -0.4 is 21.3 Å². The molecule has 346 valence electrons. The maximum absolute atomic E-state index is 14.1. The number of hydrogen-bond donors (Lipinski definition) is 4. The van der Waals surface area contributed by atoms with Gasteiger partial charge in [0.2, 0.25) is 11.8 Å². The second kappa shape index (κ2) is 19.8. The van der Waals surface area contributed by atoms with Crippen molar-refractivity contribution in [2.45, 2.75) is 103 Å². The molecule has 2 aliphatic heterocycles. The molecule has 0 radical (unpaired) electrons. The molecule has 0 unspecified atom stereocenters. The molecule has 2 fully saturated rings. The Bertz CT molecular complexity index is 2590. The molecule has 0 bridgehead atoms. The van der Waals surface area contributed by atoms with Gasteiger partial charge in [-0.2, -0.15) is 0 Å². The lowest BCUT2D eigenvalue weighted by Gasteiger charge is -2.29. The number of benzene rings is 4. The van der Waals surface area contributed by atoms with Gasteiger partial charge in [-0.3, -0.25) is 19.2 Å². The van der Waals surface area contributed by atoms with Crippen LogP contribution in [0.1, 0.15) is 90.4 Å². The number of anilines is 2. The summed E-state index contributed by atoms with van der Waals surface area (Å²) in [5, 5.41) is 12.1. The van der Waals surface area contributed by atoms with Crippen LogP contribution in [-0.4, -0.2) is 82.0 Å². The third-order valence-corrected chi connectivity index (χ3v) is 11.9. The maximum atomic E-state index is 14.1. The number of halogens is 1. The van der Waals surface area contributed by atoms with Gasteiger partial charge in [0.15, 0.2) is 0 Å². The summed E-state index contributed by atoms with van der Waals surface area (Å²) in [6, 6.07) is 26.5. The van der Waals surface area contributed by atoms with E-state index in [0.717, 1.165) is 0 Å². The van der Waals surface area contributed by atoms with E-state index in [1.165, 1.54) is 9.80 Å². The van der Waals surface area contributed by atoms with E-state index in [2.05, 4.69) is 37.2 Å². The molecule has 2 saturated heterocycles. The minimum Gasteiger partial charge on any atom is -0.455 e. The summed E-state index contributed by atoms with van der Waals surface area (Å²) in [6.45, 7) is 11.1. The Morgan fingerprint density at radius 3 is 1.52 bits per heavy atom. The molecule has 0 aliphatic carbocycles. The number of nitrogens with zero attached hydrogens (tertiary/aromatic N) is 2. The Balaban J connectivity index is 1.01. The van der Waals surface area contributed by atoms with E-state index in [4.69, 9.17) is 13.9 Å². The minimum atomic E-state index is -1.06. The molecule has 1 aromatic heterocycles. The SMILES string of the molecule is CC(C)(C)OC(=O)N[C@@H](C(=O)N1CCC[C@H]1C(=O)Nc1ccc(-c2oc3ccc(NC(=O)[C@@H]4CCCN4C(=O)[C@H](NC(=O)OC(C)(C)C)c4ccccc4)cc3c2Br)cc1)c1ccccc1. The highest BCUT2D eigenvalue weighted by atomic mass is 79.9. The second-order valence-corrected chi connectivity index (χ2v) is 19.2. The van der Waals surface area contributed by atoms with E-state index in [9.17, 15) is 28.8 Å². The number of ether oxygens (including phenoxy) is 2. The Labute approximate surface area is 392 Å². The molecule has 16 heteroatoms. The van der Waals surface area contributed by atoms with Crippen LogP contribution in [0.3, 0.4) is 0 Å². The molecular formula is C50H55BrN6O9. The zero-order valence-electron chi connectivity index (χ0n) is 37.8. The highest BCUT2D eigenvalue weighted by Crippen LogP contribution is 2.39. The molecule has 0 saturated carbocycles. The number of fused-ring (bicyclic) bond motifs is 1. The number of rotatable bonds is 11. The zero-order chi connectivity index (χ0) is 47.3. The molecule has 4 N–H and O–H groups in total. The number of hydrogen-bond acceptors (Lipinski definition) is 9. The smallest absolute Gasteiger partial charge is 0.408 e. The predicted octanol–water partition coefficient (Wildman–Crippen LogP) is 9.25. The topological polar surface area (TPSA) is 189 Å². The van der Waals surface area contributed by atoms with Crippen LogP contribution in [0.25, 0.3) is 22.3 Å². The van der Waals surface area contributed by atoms with Crippen molar-refractivity contribution in [3.63, 3.8) is 0 Å². The highest BCUT2D eigenvalue weighted by molar-refractivity contribution is 9.10. The average Bonchev–Trinajstić information content (AvgIpc) is 4.04. The first kappa shape index (κ1) is 47.3. The third-order valence-electron chi connectivity index (χ3n) is 11.1. The summed E-state index contributed by atoms with van der Waals surface area (Å²) in [5.74, 6) is -1.00. The van der Waals surface area contributed by atoms with Gasteiger partial charge >= 0.3 is 12.2 Å². The molecule has 3 heterocycles. The number of likely N-dealkylation sites (tertiary alicyclic amines) is 2. The van der Waals surface area contributed by atoms with Crippen molar-refractivity contribution in [2.24, 2.45) is 0 Å². The summed E-state index contributed by atoms with van der Waals surface area (Å²) in [6.07, 6.45) is 0.654. The summed E-state index contributed by atoms with van der Waals surface area (Å²) in [4.78, 5) is 84.4. The van der Waals surface area contributed by atoms with Gasteiger partial charge in [0, 0.05) is 35.4 Å². The van der Waals surface area contributed by atoms with Gasteiger partial charge in [-0.05, 0) is 137 Å². The second-order valence-electron chi connectivity index (χ2n) is 18.4. The summed E-state index contributed by atoms with van der Waals surface area (Å²) >= 11 is 3.70. The fourth-order valence-corrected chi connectivity index (χ4v) is 8.76. The van der Waals surface area contributed by atoms with E-state index in [0.29, 0.717) is 88.0 Å². The van der Waals surface area contributed by atoms with Gasteiger partial charge < -0.3 is 45.0 Å². The van der Waals surface area contributed by atoms with E-state index >= 15 is 0 Å². The van der Waals surface area contributed by atoms with Crippen LogP contribution in [0.2, 0.25) is 0 Å². The van der Waals surface area contributed by atoms with Gasteiger partial charge in [-0.1, -0.05) is 60.7 Å². The maximum Gasteiger partial charge on any atom is 0.408 e. The predicted molar refractivity (Wildman–Crippen MR) is 253 cm³/mol. The number of nitrogens with one attached hydrogen (secondary N) is 4. The van der Waals surface area contributed by atoms with Gasteiger partial charge in [0.1, 0.15) is 46.7 Å². The first-order valence-electron chi connectivity index (χ1n) is 22.0. The summed E-state index contributed by atoms with van der Waals surface area (Å²) < 4.78 is 17.8. The van der Waals surface area contributed by atoms with E-state index < -0.39 is 59.4 Å². The molecule has 2 aliphatic rings. The minimum absolute atomic E-state index is 0.345. The van der Waals surface area contributed by atoms with Gasteiger partial charge in [0.25, 0.3) is 11.8 Å². The Morgan fingerprint density at radius 2 is 1.06 bits per heavy atom. The van der Waals surface area contributed by atoms with Crippen molar-refractivity contribution in [2.75, 3.05) is 23.7 Å². The van der Waals surface area contributed by atoms with E-state index in [-0.39, 0.29) is 11.8 Å². The summed E-state index contributed by atoms with van der Waals surface area (Å²) in [7, 11) is 0. The lowest BCUT2D eigenvalue weighted by atomic mass is 10.0. The molecule has 7 rings (SSSR count). The van der Waals surface area contributed by atoms with Gasteiger partial charge in [0.05, 0.1) is 4.47 Å². The lowest BCUT2D eigenvalue weighted by molar-refractivity contribution is -0.138. The standard InChI is InChI=1S/C50H55BrN6O9/c1-49(2,3)65-47(62)54-40(30-15-9-7-10-16-30)45(60)56-27-13-19-36(56)43(58)52-33-23-21-32(22-24-33)42-39(51)35-29-34(25-26-38(35)64-42)53-44(59)37-20-14-28-57(37)46(61)41(31-17-11-8-12-18-31)55-48(63)66-50(4,5)6/h7-12,15-18,21-26,29,36-37,40-41H,13-14,19-20,27-28H2,1-6H3,(H,52,58)(H,53,59)(H,54,62)(H,55,63)/t36-,37-,40+,41+/m0/s1. The molecule has 5 aromatic rings. The Morgan fingerprint density at radius 1 is 0.621 bits per heavy atom. The van der Waals surface area contributed by atoms with Crippen LogP contribution in [0.4, 0.5) is 21.0 Å². The quantitative estimate of drug-likeness (QED) is 0.100. The highest BCUT2D eigenvalue weighted by Gasteiger charge is 2.40. The fourth-order valence-electron chi connectivity index (χ4n) is 8.14. The van der Waals surface area contributed by atoms with E-state index in [1.54, 1.807) is 133 Å². The van der Waals surface area contributed by atoms with E-state index in [1.807, 2.05) is 12.1 Å².